The third kappa shape index (κ3) is 4.81. The van der Waals surface area contributed by atoms with E-state index in [1.807, 2.05) is 0 Å². The Bertz CT molecular complexity index is 188. The minimum atomic E-state index is -4.12. The summed E-state index contributed by atoms with van der Waals surface area (Å²) in [5.41, 5.74) is 0. The van der Waals surface area contributed by atoms with Gasteiger partial charge in [-0.2, -0.15) is 12.7 Å². The molecule has 1 N–H and O–H groups in total. The molecule has 0 heterocycles. The molecular weight excluding hydrogens is 213 g/mol. The number of halogens is 2. The predicted molar refractivity (Wildman–Crippen MR) is 44.6 cm³/mol. The van der Waals surface area contributed by atoms with Gasteiger partial charge >= 0.3 is 10.3 Å². The summed E-state index contributed by atoms with van der Waals surface area (Å²) in [6, 6.07) is 0. The Labute approximate surface area is 76.0 Å². The van der Waals surface area contributed by atoms with E-state index in [4.69, 9.17) is 27.8 Å². The first-order chi connectivity index (χ1) is 5.02. The second kappa shape index (κ2) is 5.16. The van der Waals surface area contributed by atoms with Crippen molar-refractivity contribution >= 4 is 33.5 Å². The van der Waals surface area contributed by atoms with E-state index in [1.54, 1.807) is 0 Å². The molecule has 0 unspecified atom stereocenters. The maximum atomic E-state index is 10.5. The van der Waals surface area contributed by atoms with Gasteiger partial charge in [0.1, 0.15) is 0 Å². The van der Waals surface area contributed by atoms with Gasteiger partial charge in [-0.25, -0.2) is 0 Å². The van der Waals surface area contributed by atoms with Crippen molar-refractivity contribution in [1.29, 1.82) is 0 Å². The van der Waals surface area contributed by atoms with Crippen LogP contribution in [-0.2, 0) is 10.3 Å². The van der Waals surface area contributed by atoms with Crippen LogP contribution in [0.1, 0.15) is 0 Å². The standard InChI is InChI=1S/C4H9Cl2NO3S/c5-1-3-7(4-2-6)11(8,9)10/h1-4H2,(H,8,9,10). The van der Waals surface area contributed by atoms with E-state index in [2.05, 4.69) is 0 Å². The van der Waals surface area contributed by atoms with Crippen molar-refractivity contribution in [3.63, 3.8) is 0 Å². The van der Waals surface area contributed by atoms with Crippen molar-refractivity contribution in [3.05, 3.63) is 0 Å². The minimum absolute atomic E-state index is 0.0765. The van der Waals surface area contributed by atoms with Crippen LogP contribution in [0.4, 0.5) is 0 Å². The van der Waals surface area contributed by atoms with Crippen molar-refractivity contribution in [1.82, 2.24) is 4.31 Å². The van der Waals surface area contributed by atoms with Gasteiger partial charge in [0.05, 0.1) is 0 Å². The molecule has 0 aromatic heterocycles. The molecule has 11 heavy (non-hydrogen) atoms. The predicted octanol–water partition coefficient (Wildman–Crippen LogP) is 0.569. The van der Waals surface area contributed by atoms with Crippen molar-refractivity contribution in [2.75, 3.05) is 24.8 Å². The molecule has 0 aromatic carbocycles. The second-order valence-electron chi connectivity index (χ2n) is 1.75. The quantitative estimate of drug-likeness (QED) is 0.546. The van der Waals surface area contributed by atoms with E-state index in [0.29, 0.717) is 0 Å². The molecule has 0 rings (SSSR count). The van der Waals surface area contributed by atoms with E-state index in [0.717, 1.165) is 4.31 Å². The number of hydrogen-bond acceptors (Lipinski definition) is 2. The van der Waals surface area contributed by atoms with Gasteiger partial charge in [0.25, 0.3) is 0 Å². The zero-order valence-corrected chi connectivity index (χ0v) is 8.03. The van der Waals surface area contributed by atoms with Gasteiger partial charge in [0.15, 0.2) is 0 Å². The molecular formula is C4H9Cl2NO3S. The van der Waals surface area contributed by atoms with E-state index in [-0.39, 0.29) is 24.8 Å². The maximum Gasteiger partial charge on any atom is 0.335 e. The highest BCUT2D eigenvalue weighted by molar-refractivity contribution is 7.83. The monoisotopic (exact) mass is 221 g/mol. The first-order valence-corrected chi connectivity index (χ1v) is 5.33. The Morgan fingerprint density at radius 2 is 1.55 bits per heavy atom. The molecule has 0 spiro atoms. The Hall–Kier alpha value is 0.450. The van der Waals surface area contributed by atoms with Crippen LogP contribution in [0, 0.1) is 0 Å². The molecule has 7 heteroatoms. The van der Waals surface area contributed by atoms with Crippen LogP contribution in [0.5, 0.6) is 0 Å². The molecule has 68 valence electrons. The van der Waals surface area contributed by atoms with Crippen LogP contribution >= 0.6 is 23.2 Å². The molecule has 0 aliphatic heterocycles. The lowest BCUT2D eigenvalue weighted by Crippen LogP contribution is -2.33. The zero-order valence-electron chi connectivity index (χ0n) is 5.70. The highest BCUT2D eigenvalue weighted by Gasteiger charge is 2.16. The maximum absolute atomic E-state index is 10.5. The van der Waals surface area contributed by atoms with Gasteiger partial charge in [0.2, 0.25) is 0 Å². The fourth-order valence-corrected chi connectivity index (χ4v) is 1.78. The first-order valence-electron chi connectivity index (χ1n) is 2.87. The van der Waals surface area contributed by atoms with Gasteiger partial charge < -0.3 is 0 Å². The van der Waals surface area contributed by atoms with Crippen LogP contribution in [0.15, 0.2) is 0 Å². The van der Waals surface area contributed by atoms with Crippen LogP contribution in [0.2, 0.25) is 0 Å². The summed E-state index contributed by atoms with van der Waals surface area (Å²) < 4.78 is 30.3. The smallest absolute Gasteiger partial charge is 0.273 e. The largest absolute Gasteiger partial charge is 0.335 e. The number of nitrogens with zero attached hydrogens (tertiary/aromatic N) is 1. The topological polar surface area (TPSA) is 57.6 Å². The van der Waals surface area contributed by atoms with Crippen LogP contribution < -0.4 is 0 Å². The third-order valence-electron chi connectivity index (χ3n) is 0.994. The average molecular weight is 222 g/mol. The third-order valence-corrected chi connectivity index (χ3v) is 2.35. The summed E-state index contributed by atoms with van der Waals surface area (Å²) in [5.74, 6) is 0.271. The second-order valence-corrected chi connectivity index (χ2v) is 3.92. The molecule has 0 aliphatic rings. The normalized spacial score (nSPS) is 12.4. The summed E-state index contributed by atoms with van der Waals surface area (Å²) >= 11 is 10.6. The minimum Gasteiger partial charge on any atom is -0.273 e. The van der Waals surface area contributed by atoms with Gasteiger partial charge in [-0.1, -0.05) is 0 Å². The zero-order chi connectivity index (χ0) is 8.91. The fraction of sp³-hybridized carbons (Fsp3) is 1.00. The van der Waals surface area contributed by atoms with Crippen molar-refractivity contribution in [3.8, 4) is 0 Å². The molecule has 0 aromatic rings. The van der Waals surface area contributed by atoms with Gasteiger partial charge in [0, 0.05) is 24.8 Å². The average Bonchev–Trinajstić information content (AvgIpc) is 1.85. The SMILES string of the molecule is O=S(=O)(O)N(CCCl)CCCl. The molecule has 0 atom stereocenters. The molecule has 0 amide bonds. The Kier molecular flexibility index (Phi) is 5.37. The summed E-state index contributed by atoms with van der Waals surface area (Å²) in [5, 5.41) is 0. The molecule has 0 saturated carbocycles. The van der Waals surface area contributed by atoms with Crippen LogP contribution in [0.25, 0.3) is 0 Å². The molecule has 0 fully saturated rings. The van der Waals surface area contributed by atoms with Crippen LogP contribution in [-0.4, -0.2) is 42.1 Å². The number of hydrogen-bond donors (Lipinski definition) is 1. The Balaban J connectivity index is 4.11. The summed E-state index contributed by atoms with van der Waals surface area (Å²) in [7, 11) is -4.12. The fourth-order valence-electron chi connectivity index (χ4n) is 0.531. The molecule has 0 radical (unpaired) electrons. The first kappa shape index (κ1) is 11.4. The lowest BCUT2D eigenvalue weighted by Gasteiger charge is -2.14. The van der Waals surface area contributed by atoms with Gasteiger partial charge in [-0.3, -0.25) is 4.55 Å². The Morgan fingerprint density at radius 3 is 1.73 bits per heavy atom. The summed E-state index contributed by atoms with van der Waals surface area (Å²) in [6.45, 7) is 0.153. The van der Waals surface area contributed by atoms with E-state index >= 15 is 0 Å². The van der Waals surface area contributed by atoms with Crippen molar-refractivity contribution < 1.29 is 13.0 Å². The van der Waals surface area contributed by atoms with Crippen molar-refractivity contribution in [2.24, 2.45) is 0 Å². The van der Waals surface area contributed by atoms with E-state index in [1.165, 1.54) is 0 Å². The lowest BCUT2D eigenvalue weighted by atomic mass is 10.7. The van der Waals surface area contributed by atoms with Crippen molar-refractivity contribution in [2.45, 2.75) is 0 Å². The molecule has 4 nitrogen and oxygen atoms in total. The van der Waals surface area contributed by atoms with Gasteiger partial charge in [-0.15, -0.1) is 23.2 Å². The highest BCUT2D eigenvalue weighted by Crippen LogP contribution is 1.98. The summed E-state index contributed by atoms with van der Waals surface area (Å²) in [4.78, 5) is 0. The molecule has 0 aliphatic carbocycles. The Morgan fingerprint density at radius 1 is 1.18 bits per heavy atom. The van der Waals surface area contributed by atoms with Crippen LogP contribution in [0.3, 0.4) is 0 Å². The molecule has 0 saturated heterocycles. The summed E-state index contributed by atoms with van der Waals surface area (Å²) in [6.07, 6.45) is 0. The highest BCUT2D eigenvalue weighted by atomic mass is 35.5. The lowest BCUT2D eigenvalue weighted by molar-refractivity contribution is 0.373. The van der Waals surface area contributed by atoms with E-state index in [9.17, 15) is 8.42 Å². The number of rotatable bonds is 5. The molecule has 0 bridgehead atoms. The van der Waals surface area contributed by atoms with Gasteiger partial charge in [-0.05, 0) is 0 Å². The number of alkyl halides is 2. The van der Waals surface area contributed by atoms with E-state index < -0.39 is 10.3 Å².